The van der Waals surface area contributed by atoms with E-state index in [0.717, 1.165) is 21.9 Å². The lowest BCUT2D eigenvalue weighted by Gasteiger charge is -1.94. The Kier molecular flexibility index (Phi) is 3.50. The monoisotopic (exact) mass is 308 g/mol. The van der Waals surface area contributed by atoms with Crippen LogP contribution in [0.2, 0.25) is 5.02 Å². The van der Waals surface area contributed by atoms with E-state index in [2.05, 4.69) is 4.98 Å². The van der Waals surface area contributed by atoms with E-state index in [1.54, 1.807) is 0 Å². The zero-order valence-electron chi connectivity index (χ0n) is 8.88. The van der Waals surface area contributed by atoms with Crippen LogP contribution in [0.5, 0.6) is 0 Å². The fourth-order valence-electron chi connectivity index (χ4n) is 1.69. The summed E-state index contributed by atoms with van der Waals surface area (Å²) in [5.41, 5.74) is 2.99. The SMILES string of the molecule is Br.Clc1ccc(-c2cn3ccccc3n2)cc1. The second kappa shape index (κ2) is 4.90. The van der Waals surface area contributed by atoms with Gasteiger partial charge in [0.05, 0.1) is 5.69 Å². The van der Waals surface area contributed by atoms with Crippen molar-refractivity contribution in [3.05, 3.63) is 59.9 Å². The summed E-state index contributed by atoms with van der Waals surface area (Å²) in [6.45, 7) is 0. The molecular formula is C13H10BrClN2. The van der Waals surface area contributed by atoms with Crippen LogP contribution >= 0.6 is 28.6 Å². The Bertz CT molecular complexity index is 598. The van der Waals surface area contributed by atoms with Crippen LogP contribution in [0.3, 0.4) is 0 Å². The van der Waals surface area contributed by atoms with Crippen molar-refractivity contribution in [1.82, 2.24) is 9.38 Å². The van der Waals surface area contributed by atoms with Crippen molar-refractivity contribution in [3.63, 3.8) is 0 Å². The first-order valence-corrected chi connectivity index (χ1v) is 5.40. The van der Waals surface area contributed by atoms with E-state index in [4.69, 9.17) is 11.6 Å². The molecule has 0 unspecified atom stereocenters. The number of benzene rings is 1. The van der Waals surface area contributed by atoms with Crippen molar-refractivity contribution >= 4 is 34.2 Å². The normalized spacial score (nSPS) is 10.2. The Morgan fingerprint density at radius 3 is 2.47 bits per heavy atom. The average molecular weight is 310 g/mol. The molecule has 0 aliphatic rings. The Hall–Kier alpha value is -1.32. The highest BCUT2D eigenvalue weighted by molar-refractivity contribution is 8.93. The molecule has 0 aliphatic carbocycles. The summed E-state index contributed by atoms with van der Waals surface area (Å²) in [5, 5.41) is 0.743. The minimum absolute atomic E-state index is 0. The lowest BCUT2D eigenvalue weighted by atomic mass is 10.2. The molecule has 0 fully saturated rings. The van der Waals surface area contributed by atoms with Crippen LogP contribution in [0.15, 0.2) is 54.9 Å². The lowest BCUT2D eigenvalue weighted by molar-refractivity contribution is 1.19. The van der Waals surface area contributed by atoms with Crippen molar-refractivity contribution in [3.8, 4) is 11.3 Å². The Morgan fingerprint density at radius 2 is 1.76 bits per heavy atom. The van der Waals surface area contributed by atoms with Gasteiger partial charge in [0, 0.05) is 23.0 Å². The molecule has 4 heteroatoms. The number of fused-ring (bicyclic) bond motifs is 1. The van der Waals surface area contributed by atoms with Crippen molar-refractivity contribution in [2.45, 2.75) is 0 Å². The van der Waals surface area contributed by atoms with Gasteiger partial charge in [-0.15, -0.1) is 17.0 Å². The van der Waals surface area contributed by atoms with Crippen molar-refractivity contribution in [1.29, 1.82) is 0 Å². The van der Waals surface area contributed by atoms with E-state index in [0.29, 0.717) is 0 Å². The van der Waals surface area contributed by atoms with Gasteiger partial charge in [0.15, 0.2) is 0 Å². The highest BCUT2D eigenvalue weighted by atomic mass is 79.9. The molecule has 0 aliphatic heterocycles. The van der Waals surface area contributed by atoms with Crippen LogP contribution in [0.25, 0.3) is 16.9 Å². The summed E-state index contributed by atoms with van der Waals surface area (Å²) in [6.07, 6.45) is 4.00. The van der Waals surface area contributed by atoms with Gasteiger partial charge in [-0.3, -0.25) is 0 Å². The first-order chi connectivity index (χ1) is 7.83. The molecule has 2 heterocycles. The van der Waals surface area contributed by atoms with E-state index in [1.807, 2.05) is 59.3 Å². The standard InChI is InChI=1S/C13H9ClN2.BrH/c14-11-6-4-10(5-7-11)12-9-16-8-2-1-3-13(16)15-12;/h1-9H;1H. The van der Waals surface area contributed by atoms with Gasteiger partial charge in [-0.1, -0.05) is 29.8 Å². The van der Waals surface area contributed by atoms with Crippen LogP contribution < -0.4 is 0 Å². The number of hydrogen-bond acceptors (Lipinski definition) is 1. The maximum absolute atomic E-state index is 5.85. The predicted molar refractivity (Wildman–Crippen MR) is 76.0 cm³/mol. The average Bonchev–Trinajstić information content (AvgIpc) is 2.73. The fourth-order valence-corrected chi connectivity index (χ4v) is 1.82. The molecule has 0 atom stereocenters. The maximum Gasteiger partial charge on any atom is 0.137 e. The van der Waals surface area contributed by atoms with Gasteiger partial charge in [0.25, 0.3) is 0 Å². The summed E-state index contributed by atoms with van der Waals surface area (Å²) in [6, 6.07) is 13.7. The number of rotatable bonds is 1. The van der Waals surface area contributed by atoms with Crippen molar-refractivity contribution in [2.24, 2.45) is 0 Å². The molecule has 0 saturated carbocycles. The third-order valence-corrected chi connectivity index (χ3v) is 2.76. The molecule has 0 N–H and O–H groups in total. The summed E-state index contributed by atoms with van der Waals surface area (Å²) < 4.78 is 2.00. The minimum atomic E-state index is 0. The van der Waals surface area contributed by atoms with E-state index < -0.39 is 0 Å². The largest absolute Gasteiger partial charge is 0.306 e. The summed E-state index contributed by atoms with van der Waals surface area (Å²) in [5.74, 6) is 0. The summed E-state index contributed by atoms with van der Waals surface area (Å²) in [4.78, 5) is 4.53. The molecule has 86 valence electrons. The van der Waals surface area contributed by atoms with Gasteiger partial charge < -0.3 is 4.40 Å². The van der Waals surface area contributed by atoms with Crippen LogP contribution in [0.1, 0.15) is 0 Å². The summed E-state index contributed by atoms with van der Waals surface area (Å²) in [7, 11) is 0. The molecule has 3 aromatic rings. The van der Waals surface area contributed by atoms with Gasteiger partial charge >= 0.3 is 0 Å². The molecule has 0 spiro atoms. The van der Waals surface area contributed by atoms with Crippen molar-refractivity contribution in [2.75, 3.05) is 0 Å². The third-order valence-electron chi connectivity index (χ3n) is 2.50. The number of nitrogens with zero attached hydrogens (tertiary/aromatic N) is 2. The van der Waals surface area contributed by atoms with Gasteiger partial charge in [-0.05, 0) is 24.3 Å². The van der Waals surface area contributed by atoms with Crippen LogP contribution in [0, 0.1) is 0 Å². The molecule has 0 saturated heterocycles. The highest BCUT2D eigenvalue weighted by Crippen LogP contribution is 2.20. The topological polar surface area (TPSA) is 17.3 Å². The number of imidazole rings is 1. The third kappa shape index (κ3) is 2.35. The second-order valence-electron chi connectivity index (χ2n) is 3.60. The van der Waals surface area contributed by atoms with Gasteiger partial charge in [-0.2, -0.15) is 0 Å². The van der Waals surface area contributed by atoms with E-state index in [9.17, 15) is 0 Å². The lowest BCUT2D eigenvalue weighted by Crippen LogP contribution is -1.77. The van der Waals surface area contributed by atoms with Crippen LogP contribution in [-0.2, 0) is 0 Å². The van der Waals surface area contributed by atoms with Gasteiger partial charge in [0.2, 0.25) is 0 Å². The smallest absolute Gasteiger partial charge is 0.137 e. The molecule has 2 aromatic heterocycles. The zero-order valence-corrected chi connectivity index (χ0v) is 11.3. The molecule has 0 radical (unpaired) electrons. The van der Waals surface area contributed by atoms with Gasteiger partial charge in [-0.25, -0.2) is 4.98 Å². The molecule has 17 heavy (non-hydrogen) atoms. The Balaban J connectivity index is 0.00000108. The molecule has 1 aromatic carbocycles. The molecule has 3 rings (SSSR count). The van der Waals surface area contributed by atoms with E-state index in [-0.39, 0.29) is 17.0 Å². The number of aromatic nitrogens is 2. The van der Waals surface area contributed by atoms with Crippen LogP contribution in [-0.4, -0.2) is 9.38 Å². The minimum Gasteiger partial charge on any atom is -0.306 e. The number of pyridine rings is 1. The van der Waals surface area contributed by atoms with Gasteiger partial charge in [0.1, 0.15) is 5.65 Å². The van der Waals surface area contributed by atoms with Crippen molar-refractivity contribution < 1.29 is 0 Å². The Labute approximate surface area is 115 Å². The molecular weight excluding hydrogens is 300 g/mol. The summed E-state index contributed by atoms with van der Waals surface area (Å²) >= 11 is 5.85. The first-order valence-electron chi connectivity index (χ1n) is 5.02. The number of hydrogen-bond donors (Lipinski definition) is 0. The quantitative estimate of drug-likeness (QED) is 0.657. The molecule has 0 bridgehead atoms. The van der Waals surface area contributed by atoms with Crippen LogP contribution in [0.4, 0.5) is 0 Å². The van der Waals surface area contributed by atoms with E-state index in [1.165, 1.54) is 0 Å². The highest BCUT2D eigenvalue weighted by Gasteiger charge is 2.02. The predicted octanol–water partition coefficient (Wildman–Crippen LogP) is 4.23. The second-order valence-corrected chi connectivity index (χ2v) is 4.04. The maximum atomic E-state index is 5.85. The fraction of sp³-hybridized carbons (Fsp3) is 0. The molecule has 2 nitrogen and oxygen atoms in total. The Morgan fingerprint density at radius 1 is 1.00 bits per heavy atom. The first kappa shape index (κ1) is 12.1. The number of halogens is 2. The van der Waals surface area contributed by atoms with E-state index >= 15 is 0 Å². The zero-order chi connectivity index (χ0) is 11.0. The molecule has 0 amide bonds.